The van der Waals surface area contributed by atoms with E-state index >= 15 is 0 Å². The number of nitrogens with zero attached hydrogens (tertiary/aromatic N) is 2. The maximum atomic E-state index is 13.9. The van der Waals surface area contributed by atoms with Crippen LogP contribution in [0.2, 0.25) is 0 Å². The Morgan fingerprint density at radius 2 is 1.05 bits per heavy atom. The van der Waals surface area contributed by atoms with Crippen molar-refractivity contribution >= 4 is 40.0 Å². The molecule has 198 valence electrons. The predicted octanol–water partition coefficient (Wildman–Crippen LogP) is 5.65. The molecule has 1 aliphatic carbocycles. The molecule has 7 heteroatoms. The van der Waals surface area contributed by atoms with Gasteiger partial charge in [-0.05, 0) is 81.8 Å². The highest BCUT2D eigenvalue weighted by Crippen LogP contribution is 2.40. The van der Waals surface area contributed by atoms with E-state index in [2.05, 4.69) is 20.4 Å². The van der Waals surface area contributed by atoms with Crippen molar-refractivity contribution in [2.45, 2.75) is 13.1 Å². The van der Waals surface area contributed by atoms with Crippen LogP contribution in [0, 0.1) is 0 Å². The molecule has 39 heavy (non-hydrogen) atoms. The minimum atomic E-state index is -0.269. The monoisotopic (exact) mass is 519 g/mol. The first-order chi connectivity index (χ1) is 18.7. The molecule has 7 nitrogen and oxygen atoms in total. The molecule has 5 rings (SSSR count). The van der Waals surface area contributed by atoms with Gasteiger partial charge in [-0.2, -0.15) is 0 Å². The van der Waals surface area contributed by atoms with Crippen LogP contribution in [0.3, 0.4) is 0 Å². The average molecular weight is 520 g/mol. The number of benzene rings is 4. The third-order valence-corrected chi connectivity index (χ3v) is 6.69. The third-order valence-electron chi connectivity index (χ3n) is 6.69. The molecule has 4 aromatic rings. The summed E-state index contributed by atoms with van der Waals surface area (Å²) in [6, 6.07) is 24.8. The van der Waals surface area contributed by atoms with Gasteiger partial charge in [0.15, 0.2) is 11.6 Å². The van der Waals surface area contributed by atoms with Crippen LogP contribution in [-0.2, 0) is 13.1 Å². The Bertz CT molecular complexity index is 1540. The van der Waals surface area contributed by atoms with Gasteiger partial charge in [-0.1, -0.05) is 36.4 Å². The number of hydrogen-bond acceptors (Lipinski definition) is 7. The zero-order chi connectivity index (χ0) is 27.7. The second-order valence-electron chi connectivity index (χ2n) is 10.5. The quantitative estimate of drug-likeness (QED) is 0.228. The van der Waals surface area contributed by atoms with E-state index in [-0.39, 0.29) is 17.1 Å². The lowest BCUT2D eigenvalue weighted by atomic mass is 9.81. The van der Waals surface area contributed by atoms with Crippen LogP contribution in [-0.4, -0.2) is 49.6 Å². The Balaban J connectivity index is 1.55. The number of nitrogens with one attached hydrogen (secondary N) is 2. The van der Waals surface area contributed by atoms with Gasteiger partial charge in [-0.3, -0.25) is 9.59 Å². The first-order valence-electron chi connectivity index (χ1n) is 12.9. The summed E-state index contributed by atoms with van der Waals surface area (Å²) < 4.78 is 0. The van der Waals surface area contributed by atoms with Crippen molar-refractivity contribution in [3.63, 3.8) is 0 Å². The number of nitrogen functional groups attached to an aromatic ring is 1. The van der Waals surface area contributed by atoms with Gasteiger partial charge in [-0.15, -0.1) is 0 Å². The lowest BCUT2D eigenvalue weighted by Crippen LogP contribution is -2.24. The van der Waals surface area contributed by atoms with Crippen LogP contribution in [0.1, 0.15) is 43.0 Å². The summed E-state index contributed by atoms with van der Waals surface area (Å²) in [5, 5.41) is 6.75. The highest BCUT2D eigenvalue weighted by atomic mass is 16.1. The lowest BCUT2D eigenvalue weighted by molar-refractivity contribution is 0.0981. The van der Waals surface area contributed by atoms with E-state index in [0.29, 0.717) is 33.8 Å². The molecule has 4 aromatic carbocycles. The fourth-order valence-electron chi connectivity index (χ4n) is 4.98. The van der Waals surface area contributed by atoms with Gasteiger partial charge in [0, 0.05) is 35.7 Å². The van der Waals surface area contributed by atoms with E-state index < -0.39 is 0 Å². The van der Waals surface area contributed by atoms with E-state index in [1.165, 1.54) is 11.1 Å². The molecule has 0 amide bonds. The number of fused-ring (bicyclic) bond motifs is 2. The van der Waals surface area contributed by atoms with Crippen LogP contribution in [0.15, 0.2) is 78.9 Å². The van der Waals surface area contributed by atoms with E-state index in [9.17, 15) is 9.59 Å². The predicted molar refractivity (Wildman–Crippen MR) is 158 cm³/mol. The molecule has 0 bridgehead atoms. The number of anilines is 5. The summed E-state index contributed by atoms with van der Waals surface area (Å²) in [6.07, 6.45) is 0. The Morgan fingerprint density at radius 1 is 0.590 bits per heavy atom. The van der Waals surface area contributed by atoms with Crippen LogP contribution in [0.4, 0.5) is 28.4 Å². The summed E-state index contributed by atoms with van der Waals surface area (Å²) in [5.41, 5.74) is 12.9. The zero-order valence-corrected chi connectivity index (χ0v) is 22.7. The van der Waals surface area contributed by atoms with Crippen molar-refractivity contribution < 1.29 is 9.59 Å². The van der Waals surface area contributed by atoms with E-state index in [1.807, 2.05) is 88.9 Å². The Hall–Kier alpha value is -4.46. The summed E-state index contributed by atoms with van der Waals surface area (Å²) in [7, 11) is 8.11. The Kier molecular flexibility index (Phi) is 7.19. The first kappa shape index (κ1) is 26.2. The molecule has 0 fully saturated rings. The van der Waals surface area contributed by atoms with Crippen LogP contribution < -0.4 is 16.4 Å². The van der Waals surface area contributed by atoms with Gasteiger partial charge in [-0.25, -0.2) is 0 Å². The van der Waals surface area contributed by atoms with E-state index in [1.54, 1.807) is 18.2 Å². The zero-order valence-electron chi connectivity index (χ0n) is 22.7. The van der Waals surface area contributed by atoms with Crippen LogP contribution in [0.25, 0.3) is 0 Å². The third kappa shape index (κ3) is 5.41. The van der Waals surface area contributed by atoms with Gasteiger partial charge < -0.3 is 26.2 Å². The fraction of sp³-hybridized carbons (Fsp3) is 0.188. The van der Waals surface area contributed by atoms with Crippen molar-refractivity contribution in [1.82, 2.24) is 9.80 Å². The summed E-state index contributed by atoms with van der Waals surface area (Å²) in [4.78, 5) is 32.0. The number of hydrogen-bond donors (Lipinski definition) is 3. The molecule has 0 unspecified atom stereocenters. The summed E-state index contributed by atoms with van der Waals surface area (Å²) in [6.45, 7) is 1.66. The molecule has 0 saturated carbocycles. The summed E-state index contributed by atoms with van der Waals surface area (Å²) >= 11 is 0. The van der Waals surface area contributed by atoms with Gasteiger partial charge in [0.2, 0.25) is 0 Å². The van der Waals surface area contributed by atoms with Crippen LogP contribution in [0.5, 0.6) is 0 Å². The largest absolute Gasteiger partial charge is 0.398 e. The molecule has 0 spiro atoms. The standard InChI is InChI=1S/C32H33N5O2/c1-36(2)18-20-8-12-22(13-9-20)34-26-16-17-27(35-23-14-10-21(11-15-23)19-37(3)4)30-29(26)31(38)24-6-5-7-25(33)28(24)32(30)39/h5-17,34-35H,18-19,33H2,1-4H3. The second kappa shape index (κ2) is 10.7. The van der Waals surface area contributed by atoms with E-state index in [4.69, 9.17) is 5.73 Å². The maximum Gasteiger partial charge on any atom is 0.198 e. The minimum absolute atomic E-state index is 0.233. The smallest absolute Gasteiger partial charge is 0.198 e. The molecule has 0 atom stereocenters. The number of carbonyl (C=O) groups is 2. The normalized spacial score (nSPS) is 12.5. The maximum absolute atomic E-state index is 13.9. The second-order valence-corrected chi connectivity index (χ2v) is 10.5. The molecular weight excluding hydrogens is 486 g/mol. The molecule has 0 radical (unpaired) electrons. The Labute approximate surface area is 229 Å². The van der Waals surface area contributed by atoms with E-state index in [0.717, 1.165) is 24.5 Å². The van der Waals surface area contributed by atoms with Crippen molar-refractivity contribution in [2.75, 3.05) is 44.6 Å². The number of carbonyl (C=O) groups excluding carboxylic acids is 2. The van der Waals surface area contributed by atoms with Crippen LogP contribution >= 0.6 is 0 Å². The molecule has 0 aliphatic heterocycles. The number of rotatable bonds is 8. The van der Waals surface area contributed by atoms with Crippen molar-refractivity contribution in [2.24, 2.45) is 0 Å². The molecule has 0 aromatic heterocycles. The SMILES string of the molecule is CN(C)Cc1ccc(Nc2ccc(Nc3ccc(CN(C)C)cc3)c3c2C(=O)c2cccc(N)c2C3=O)cc1. The number of ketones is 2. The molecule has 0 saturated heterocycles. The Morgan fingerprint density at radius 3 is 1.51 bits per heavy atom. The average Bonchev–Trinajstić information content (AvgIpc) is 2.89. The summed E-state index contributed by atoms with van der Waals surface area (Å²) in [5.74, 6) is -0.502. The minimum Gasteiger partial charge on any atom is -0.398 e. The lowest BCUT2D eigenvalue weighted by Gasteiger charge is -2.25. The first-order valence-corrected chi connectivity index (χ1v) is 12.9. The van der Waals surface area contributed by atoms with Gasteiger partial charge in [0.05, 0.1) is 28.1 Å². The highest BCUT2D eigenvalue weighted by Gasteiger charge is 2.35. The van der Waals surface area contributed by atoms with Crippen molar-refractivity contribution in [3.05, 3.63) is 112 Å². The van der Waals surface area contributed by atoms with Gasteiger partial charge >= 0.3 is 0 Å². The number of nitrogens with two attached hydrogens (primary N) is 1. The molecular formula is C32H33N5O2. The molecule has 0 heterocycles. The van der Waals surface area contributed by atoms with Gasteiger partial charge in [0.1, 0.15) is 0 Å². The highest BCUT2D eigenvalue weighted by molar-refractivity contribution is 6.33. The van der Waals surface area contributed by atoms with Crippen molar-refractivity contribution in [3.8, 4) is 0 Å². The molecule has 4 N–H and O–H groups in total. The van der Waals surface area contributed by atoms with Crippen molar-refractivity contribution in [1.29, 1.82) is 0 Å². The molecule has 1 aliphatic rings. The fourth-order valence-corrected chi connectivity index (χ4v) is 4.98. The van der Waals surface area contributed by atoms with Gasteiger partial charge in [0.25, 0.3) is 0 Å². The topological polar surface area (TPSA) is 90.7 Å².